The molecule has 0 spiro atoms. The van der Waals surface area contributed by atoms with Gasteiger partial charge in [-0.25, -0.2) is 8.78 Å². The zero-order valence-corrected chi connectivity index (χ0v) is 11.1. The minimum Gasteiger partial charge on any atom is -0.322 e. The smallest absolute Gasteiger partial charge is 0.241 e. The normalized spacial score (nSPS) is 23.2. The molecule has 1 amide bonds. The van der Waals surface area contributed by atoms with Crippen molar-refractivity contribution in [1.29, 1.82) is 0 Å². The molecule has 0 radical (unpaired) electrons. The Hall–Kier alpha value is -1.49. The molecule has 2 unspecified atom stereocenters. The monoisotopic (exact) mass is 268 g/mol. The van der Waals surface area contributed by atoms with E-state index in [4.69, 9.17) is 0 Å². The van der Waals surface area contributed by atoms with E-state index in [0.29, 0.717) is 6.42 Å². The Morgan fingerprint density at radius 1 is 1.32 bits per heavy atom. The van der Waals surface area contributed by atoms with Crippen molar-refractivity contribution in [1.82, 2.24) is 5.32 Å². The number of aryl methyl sites for hydroxylation is 1. The van der Waals surface area contributed by atoms with Crippen molar-refractivity contribution in [3.63, 3.8) is 0 Å². The van der Waals surface area contributed by atoms with Crippen molar-refractivity contribution in [3.05, 3.63) is 29.3 Å². The number of amides is 1. The van der Waals surface area contributed by atoms with Gasteiger partial charge in [-0.15, -0.1) is 0 Å². The van der Waals surface area contributed by atoms with E-state index >= 15 is 0 Å². The van der Waals surface area contributed by atoms with Gasteiger partial charge in [0.25, 0.3) is 0 Å². The fourth-order valence-corrected chi connectivity index (χ4v) is 2.31. The van der Waals surface area contributed by atoms with Gasteiger partial charge in [-0.3, -0.25) is 4.79 Å². The molecule has 1 fully saturated rings. The molecular weight excluding hydrogens is 250 g/mol. The van der Waals surface area contributed by atoms with Gasteiger partial charge in [-0.1, -0.05) is 0 Å². The van der Waals surface area contributed by atoms with Crippen molar-refractivity contribution >= 4 is 11.6 Å². The fraction of sp³-hybridized carbons (Fsp3) is 0.500. The number of halogens is 2. The Kier molecular flexibility index (Phi) is 4.14. The molecule has 5 heteroatoms. The van der Waals surface area contributed by atoms with Crippen LogP contribution in [0.4, 0.5) is 14.5 Å². The quantitative estimate of drug-likeness (QED) is 0.866. The maximum atomic E-state index is 13.6. The molecule has 0 bridgehead atoms. The summed E-state index contributed by atoms with van der Waals surface area (Å²) in [6, 6.07) is 2.04. The molecule has 0 aliphatic carbocycles. The van der Waals surface area contributed by atoms with Gasteiger partial charge >= 0.3 is 0 Å². The first kappa shape index (κ1) is 13.9. The van der Waals surface area contributed by atoms with Crippen LogP contribution in [0.5, 0.6) is 0 Å². The maximum Gasteiger partial charge on any atom is 0.241 e. The largest absolute Gasteiger partial charge is 0.322 e. The first-order chi connectivity index (χ1) is 8.97. The topological polar surface area (TPSA) is 41.1 Å². The van der Waals surface area contributed by atoms with Crippen LogP contribution in [-0.2, 0) is 4.79 Å². The lowest BCUT2D eigenvalue weighted by Gasteiger charge is -2.27. The van der Waals surface area contributed by atoms with Crippen LogP contribution < -0.4 is 10.6 Å². The molecule has 2 rings (SSSR count). The number of piperidine rings is 1. The van der Waals surface area contributed by atoms with E-state index in [2.05, 4.69) is 10.6 Å². The Bertz CT molecular complexity index is 491. The van der Waals surface area contributed by atoms with E-state index in [9.17, 15) is 13.6 Å². The number of hydrogen-bond donors (Lipinski definition) is 2. The lowest BCUT2D eigenvalue weighted by atomic mass is 9.99. The summed E-state index contributed by atoms with van der Waals surface area (Å²) in [4.78, 5) is 12.0. The Morgan fingerprint density at radius 2 is 2.05 bits per heavy atom. The summed E-state index contributed by atoms with van der Waals surface area (Å²) >= 11 is 0. The van der Waals surface area contributed by atoms with Gasteiger partial charge in [0.1, 0.15) is 11.6 Å². The zero-order valence-electron chi connectivity index (χ0n) is 11.1. The van der Waals surface area contributed by atoms with Crippen LogP contribution in [0.1, 0.15) is 31.7 Å². The number of nitrogens with one attached hydrogen (secondary N) is 2. The summed E-state index contributed by atoms with van der Waals surface area (Å²) in [6.07, 6.45) is 2.69. The fourth-order valence-electron chi connectivity index (χ4n) is 2.31. The van der Waals surface area contributed by atoms with Gasteiger partial charge in [-0.05, 0) is 44.7 Å². The highest BCUT2D eigenvalue weighted by molar-refractivity contribution is 5.95. The number of benzene rings is 1. The zero-order chi connectivity index (χ0) is 14.0. The number of hydrogen-bond acceptors (Lipinski definition) is 2. The Morgan fingerprint density at radius 3 is 2.74 bits per heavy atom. The molecular formula is C14H18F2N2O. The predicted molar refractivity (Wildman–Crippen MR) is 70.0 cm³/mol. The molecule has 1 saturated heterocycles. The van der Waals surface area contributed by atoms with Gasteiger partial charge < -0.3 is 10.6 Å². The molecule has 104 valence electrons. The third-order valence-electron chi connectivity index (χ3n) is 3.44. The predicted octanol–water partition coefficient (Wildman–Crippen LogP) is 2.74. The molecule has 0 saturated carbocycles. The highest BCUT2D eigenvalue weighted by Crippen LogP contribution is 2.20. The summed E-state index contributed by atoms with van der Waals surface area (Å²) in [7, 11) is 0. The second-order valence-corrected chi connectivity index (χ2v) is 5.12. The molecule has 1 heterocycles. The summed E-state index contributed by atoms with van der Waals surface area (Å²) < 4.78 is 27.0. The van der Waals surface area contributed by atoms with Crippen molar-refractivity contribution in [3.8, 4) is 0 Å². The van der Waals surface area contributed by atoms with Gasteiger partial charge in [-0.2, -0.15) is 0 Å². The summed E-state index contributed by atoms with van der Waals surface area (Å²) in [6.45, 7) is 3.49. The van der Waals surface area contributed by atoms with Crippen LogP contribution in [0.25, 0.3) is 0 Å². The van der Waals surface area contributed by atoms with Crippen LogP contribution in [0.2, 0.25) is 0 Å². The molecule has 0 aromatic heterocycles. The molecule has 3 nitrogen and oxygen atoms in total. The van der Waals surface area contributed by atoms with Crippen LogP contribution >= 0.6 is 0 Å². The molecule has 2 atom stereocenters. The van der Waals surface area contributed by atoms with E-state index in [0.717, 1.165) is 25.0 Å². The van der Waals surface area contributed by atoms with Crippen molar-refractivity contribution in [2.24, 2.45) is 0 Å². The lowest BCUT2D eigenvalue weighted by Crippen LogP contribution is -2.47. The lowest BCUT2D eigenvalue weighted by molar-refractivity contribution is -0.118. The molecule has 1 aromatic rings. The van der Waals surface area contributed by atoms with Crippen LogP contribution in [0, 0.1) is 18.6 Å². The average Bonchev–Trinajstić information content (AvgIpc) is 2.36. The first-order valence-electron chi connectivity index (χ1n) is 6.50. The number of carbonyl (C=O) groups is 1. The third kappa shape index (κ3) is 3.29. The first-order valence-corrected chi connectivity index (χ1v) is 6.50. The number of rotatable bonds is 2. The minimum absolute atomic E-state index is 0.104. The second kappa shape index (κ2) is 5.65. The van der Waals surface area contributed by atoms with E-state index in [1.165, 1.54) is 6.92 Å². The highest BCUT2D eigenvalue weighted by Gasteiger charge is 2.24. The highest BCUT2D eigenvalue weighted by atomic mass is 19.1. The second-order valence-electron chi connectivity index (χ2n) is 5.12. The van der Waals surface area contributed by atoms with Gasteiger partial charge in [0, 0.05) is 12.1 Å². The van der Waals surface area contributed by atoms with E-state index < -0.39 is 11.6 Å². The standard InChI is InChI=1S/C14H18F2N2O/c1-8-6-11(16)13(7-10(8)15)18-14(19)12-5-3-4-9(2)17-12/h6-7,9,12,17H,3-5H2,1-2H3,(H,18,19). The maximum absolute atomic E-state index is 13.6. The molecule has 19 heavy (non-hydrogen) atoms. The van der Waals surface area contributed by atoms with Crippen molar-refractivity contribution in [2.45, 2.75) is 45.2 Å². The number of anilines is 1. The Labute approximate surface area is 111 Å². The SMILES string of the molecule is Cc1cc(F)c(NC(=O)C2CCCC(C)N2)cc1F. The third-order valence-corrected chi connectivity index (χ3v) is 3.44. The van der Waals surface area contributed by atoms with Gasteiger partial charge in [0.2, 0.25) is 5.91 Å². The van der Waals surface area contributed by atoms with Crippen molar-refractivity contribution in [2.75, 3.05) is 5.32 Å². The molecule has 1 aliphatic rings. The van der Waals surface area contributed by atoms with Crippen LogP contribution in [0.3, 0.4) is 0 Å². The number of carbonyl (C=O) groups excluding carboxylic acids is 1. The average molecular weight is 268 g/mol. The van der Waals surface area contributed by atoms with Crippen LogP contribution in [-0.4, -0.2) is 18.0 Å². The van der Waals surface area contributed by atoms with Crippen molar-refractivity contribution < 1.29 is 13.6 Å². The summed E-state index contributed by atoms with van der Waals surface area (Å²) in [5, 5.41) is 5.61. The summed E-state index contributed by atoms with van der Waals surface area (Å²) in [5.41, 5.74) is 0.119. The molecule has 1 aliphatic heterocycles. The van der Waals surface area contributed by atoms with E-state index in [1.54, 1.807) is 0 Å². The van der Waals surface area contributed by atoms with E-state index in [-0.39, 0.29) is 29.2 Å². The van der Waals surface area contributed by atoms with Gasteiger partial charge in [0.05, 0.1) is 11.7 Å². The summed E-state index contributed by atoms with van der Waals surface area (Å²) in [5.74, 6) is -1.45. The molecule has 2 N–H and O–H groups in total. The van der Waals surface area contributed by atoms with Gasteiger partial charge in [0.15, 0.2) is 0 Å². The van der Waals surface area contributed by atoms with Crippen LogP contribution in [0.15, 0.2) is 12.1 Å². The Balaban J connectivity index is 2.08. The molecule has 1 aromatic carbocycles. The minimum atomic E-state index is -0.615. The van der Waals surface area contributed by atoms with E-state index in [1.807, 2.05) is 6.92 Å².